The molecular weight excluding hydrogens is 445 g/mol. The molecule has 2 aromatic carbocycles. The molecule has 2 aromatic rings. The van der Waals surface area contributed by atoms with E-state index in [0.717, 1.165) is 9.87 Å². The lowest BCUT2D eigenvalue weighted by Gasteiger charge is -2.32. The molecule has 9 heteroatoms. The molecule has 33 heavy (non-hydrogen) atoms. The largest absolute Gasteiger partial charge is 0.352 e. The standard InChI is InChI=1S/C24H32FN3O4S/c1-6-22(24(30)26-17(2)3)28(15-19-9-11-20(25)12-10-19)23(29)16-27(5)33(31,32)21-13-7-18(4)8-14-21/h7-14,17,22H,6,15-16H2,1-5H3,(H,26,30). The molecule has 0 spiro atoms. The minimum atomic E-state index is -3.90. The van der Waals surface area contributed by atoms with Gasteiger partial charge in [-0.1, -0.05) is 36.8 Å². The van der Waals surface area contributed by atoms with Gasteiger partial charge in [0.1, 0.15) is 11.9 Å². The second-order valence-electron chi connectivity index (χ2n) is 8.31. The number of aryl methyl sites for hydroxylation is 1. The van der Waals surface area contributed by atoms with Crippen LogP contribution in [-0.2, 0) is 26.2 Å². The zero-order chi connectivity index (χ0) is 24.8. The molecular formula is C24H32FN3O4S. The Labute approximate surface area is 195 Å². The molecule has 7 nitrogen and oxygen atoms in total. The van der Waals surface area contributed by atoms with Gasteiger partial charge in [-0.05, 0) is 57.0 Å². The topological polar surface area (TPSA) is 86.8 Å². The highest BCUT2D eigenvalue weighted by Gasteiger charge is 2.32. The van der Waals surface area contributed by atoms with Crippen LogP contribution in [0, 0.1) is 12.7 Å². The first-order chi connectivity index (χ1) is 15.4. The molecule has 0 bridgehead atoms. The summed E-state index contributed by atoms with van der Waals surface area (Å²) >= 11 is 0. The minimum absolute atomic E-state index is 0.0432. The molecule has 1 atom stereocenters. The van der Waals surface area contributed by atoms with Gasteiger partial charge < -0.3 is 10.2 Å². The molecule has 1 N–H and O–H groups in total. The summed E-state index contributed by atoms with van der Waals surface area (Å²) in [5, 5.41) is 2.81. The SMILES string of the molecule is CCC(C(=O)NC(C)C)N(Cc1ccc(F)cc1)C(=O)CN(C)S(=O)(=O)c1ccc(C)cc1. The van der Waals surface area contributed by atoms with Crippen molar-refractivity contribution < 1.29 is 22.4 Å². The van der Waals surface area contributed by atoms with E-state index in [1.165, 1.54) is 48.3 Å². The summed E-state index contributed by atoms with van der Waals surface area (Å²) in [7, 11) is -2.57. The van der Waals surface area contributed by atoms with Crippen molar-refractivity contribution in [3.63, 3.8) is 0 Å². The maximum Gasteiger partial charge on any atom is 0.243 e. The van der Waals surface area contributed by atoms with E-state index in [9.17, 15) is 22.4 Å². The second-order valence-corrected chi connectivity index (χ2v) is 10.4. The number of hydrogen-bond donors (Lipinski definition) is 1. The predicted octanol–water partition coefficient (Wildman–Crippen LogP) is 3.09. The van der Waals surface area contributed by atoms with Crippen LogP contribution < -0.4 is 5.32 Å². The number of sulfonamides is 1. The van der Waals surface area contributed by atoms with Crippen LogP contribution in [0.2, 0.25) is 0 Å². The van der Waals surface area contributed by atoms with Crippen LogP contribution in [0.25, 0.3) is 0 Å². The zero-order valence-corrected chi connectivity index (χ0v) is 20.5. The van der Waals surface area contributed by atoms with Crippen LogP contribution >= 0.6 is 0 Å². The predicted molar refractivity (Wildman–Crippen MR) is 125 cm³/mol. The van der Waals surface area contributed by atoms with Crippen LogP contribution in [-0.4, -0.2) is 55.1 Å². The number of carbonyl (C=O) groups is 2. The minimum Gasteiger partial charge on any atom is -0.352 e. The van der Waals surface area contributed by atoms with Gasteiger partial charge >= 0.3 is 0 Å². The molecule has 0 aromatic heterocycles. The molecule has 2 rings (SSSR count). The van der Waals surface area contributed by atoms with Gasteiger partial charge in [0.2, 0.25) is 21.8 Å². The first-order valence-corrected chi connectivity index (χ1v) is 12.3. The number of rotatable bonds is 10. The number of nitrogens with zero attached hydrogens (tertiary/aromatic N) is 2. The zero-order valence-electron chi connectivity index (χ0n) is 19.7. The van der Waals surface area contributed by atoms with Gasteiger partial charge in [0.25, 0.3) is 0 Å². The Bertz CT molecular complexity index is 1050. The number of halogens is 1. The van der Waals surface area contributed by atoms with E-state index in [0.29, 0.717) is 12.0 Å². The quantitative estimate of drug-likeness (QED) is 0.570. The number of likely N-dealkylation sites (N-methyl/N-ethyl adjacent to an activating group) is 1. The first-order valence-electron chi connectivity index (χ1n) is 10.8. The Hall–Kier alpha value is -2.78. The molecule has 0 aliphatic carbocycles. The van der Waals surface area contributed by atoms with Gasteiger partial charge in [0.05, 0.1) is 11.4 Å². The highest BCUT2D eigenvalue weighted by molar-refractivity contribution is 7.89. The van der Waals surface area contributed by atoms with Gasteiger partial charge in [-0.15, -0.1) is 0 Å². The smallest absolute Gasteiger partial charge is 0.243 e. The second kappa shape index (κ2) is 11.4. The fourth-order valence-electron chi connectivity index (χ4n) is 3.34. The maximum absolute atomic E-state index is 13.4. The molecule has 0 aliphatic heterocycles. The Morgan fingerprint density at radius 3 is 2.12 bits per heavy atom. The van der Waals surface area contributed by atoms with Crippen molar-refractivity contribution in [3.05, 3.63) is 65.5 Å². The number of hydrogen-bond acceptors (Lipinski definition) is 4. The lowest BCUT2D eigenvalue weighted by Crippen LogP contribution is -2.52. The highest BCUT2D eigenvalue weighted by atomic mass is 32.2. The fourth-order valence-corrected chi connectivity index (χ4v) is 4.46. The van der Waals surface area contributed by atoms with Crippen molar-refractivity contribution in [2.75, 3.05) is 13.6 Å². The monoisotopic (exact) mass is 477 g/mol. The van der Waals surface area contributed by atoms with Crippen molar-refractivity contribution in [1.82, 2.24) is 14.5 Å². The van der Waals surface area contributed by atoms with Crippen molar-refractivity contribution >= 4 is 21.8 Å². The number of benzene rings is 2. The first kappa shape index (κ1) is 26.5. The molecule has 0 heterocycles. The number of nitrogens with one attached hydrogen (secondary N) is 1. The van der Waals surface area contributed by atoms with E-state index in [4.69, 9.17) is 0 Å². The normalized spacial score (nSPS) is 12.6. The van der Waals surface area contributed by atoms with E-state index in [1.807, 2.05) is 20.8 Å². The Morgan fingerprint density at radius 1 is 1.03 bits per heavy atom. The Balaban J connectivity index is 2.31. The summed E-state index contributed by atoms with van der Waals surface area (Å²) < 4.78 is 40.2. The molecule has 0 saturated heterocycles. The summed E-state index contributed by atoms with van der Waals surface area (Å²) in [6.07, 6.45) is 0.333. The number of amides is 2. The van der Waals surface area contributed by atoms with Crippen molar-refractivity contribution in [2.24, 2.45) is 0 Å². The lowest BCUT2D eigenvalue weighted by molar-refractivity contribution is -0.141. The summed E-state index contributed by atoms with van der Waals surface area (Å²) in [5.74, 6) is -1.26. The molecule has 0 saturated carbocycles. The molecule has 2 amide bonds. The van der Waals surface area contributed by atoms with Gasteiger partial charge in [0.15, 0.2) is 0 Å². The fraction of sp³-hybridized carbons (Fsp3) is 0.417. The van der Waals surface area contributed by atoms with Crippen LogP contribution in [0.1, 0.15) is 38.3 Å². The molecule has 180 valence electrons. The van der Waals surface area contributed by atoms with E-state index in [2.05, 4.69) is 5.32 Å². The molecule has 0 radical (unpaired) electrons. The van der Waals surface area contributed by atoms with Crippen LogP contribution in [0.5, 0.6) is 0 Å². The van der Waals surface area contributed by atoms with E-state index in [1.54, 1.807) is 19.1 Å². The third-order valence-electron chi connectivity index (χ3n) is 5.17. The average Bonchev–Trinajstić information content (AvgIpc) is 2.74. The van der Waals surface area contributed by atoms with E-state index in [-0.39, 0.29) is 23.4 Å². The average molecular weight is 478 g/mol. The van der Waals surface area contributed by atoms with Gasteiger partial charge in [-0.25, -0.2) is 12.8 Å². The van der Waals surface area contributed by atoms with Gasteiger partial charge in [-0.2, -0.15) is 4.31 Å². The highest BCUT2D eigenvalue weighted by Crippen LogP contribution is 2.18. The van der Waals surface area contributed by atoms with Crippen molar-refractivity contribution in [1.29, 1.82) is 0 Å². The van der Waals surface area contributed by atoms with Gasteiger partial charge in [0, 0.05) is 19.6 Å². The molecule has 0 fully saturated rings. The van der Waals surface area contributed by atoms with E-state index >= 15 is 0 Å². The summed E-state index contributed by atoms with van der Waals surface area (Å²) in [6, 6.07) is 11.1. The summed E-state index contributed by atoms with van der Waals surface area (Å²) in [4.78, 5) is 27.6. The number of carbonyl (C=O) groups excluding carboxylic acids is 2. The lowest BCUT2D eigenvalue weighted by atomic mass is 10.1. The van der Waals surface area contributed by atoms with E-state index < -0.39 is 34.3 Å². The summed E-state index contributed by atoms with van der Waals surface area (Å²) in [6.45, 7) is 6.87. The molecule has 1 unspecified atom stereocenters. The summed E-state index contributed by atoms with van der Waals surface area (Å²) in [5.41, 5.74) is 1.55. The molecule has 0 aliphatic rings. The van der Waals surface area contributed by atoms with Crippen molar-refractivity contribution in [3.8, 4) is 0 Å². The third kappa shape index (κ3) is 7.10. The van der Waals surface area contributed by atoms with Gasteiger partial charge in [-0.3, -0.25) is 9.59 Å². The Kier molecular flexibility index (Phi) is 9.13. The van der Waals surface area contributed by atoms with Crippen LogP contribution in [0.4, 0.5) is 4.39 Å². The third-order valence-corrected chi connectivity index (χ3v) is 6.99. The van der Waals surface area contributed by atoms with Crippen LogP contribution in [0.15, 0.2) is 53.4 Å². The Morgan fingerprint density at radius 2 is 1.61 bits per heavy atom. The van der Waals surface area contributed by atoms with Crippen LogP contribution in [0.3, 0.4) is 0 Å². The van der Waals surface area contributed by atoms with Crippen molar-refractivity contribution in [2.45, 2.75) is 57.6 Å². The maximum atomic E-state index is 13.4.